The molecule has 0 spiro atoms. The van der Waals surface area contributed by atoms with Crippen molar-refractivity contribution >= 4 is 5.91 Å². The van der Waals surface area contributed by atoms with Gasteiger partial charge in [0, 0.05) is 18.4 Å². The van der Waals surface area contributed by atoms with E-state index in [9.17, 15) is 4.79 Å². The maximum absolute atomic E-state index is 11.6. The minimum absolute atomic E-state index is 0.0566. The number of amides is 1. The Balaban J connectivity index is 1.70. The van der Waals surface area contributed by atoms with E-state index < -0.39 is 0 Å². The van der Waals surface area contributed by atoms with Gasteiger partial charge in [-0.25, -0.2) is 0 Å². The van der Waals surface area contributed by atoms with Gasteiger partial charge in [0.2, 0.25) is 0 Å². The quantitative estimate of drug-likeness (QED) is 0.682. The maximum Gasteiger partial charge on any atom is 0.267 e. The third kappa shape index (κ3) is 2.96. The van der Waals surface area contributed by atoms with Crippen LogP contribution in [0.3, 0.4) is 0 Å². The smallest absolute Gasteiger partial charge is 0.267 e. The normalized spacial score (nSPS) is 10.4. The van der Waals surface area contributed by atoms with Gasteiger partial charge in [-0.3, -0.25) is 9.89 Å². The van der Waals surface area contributed by atoms with Crippen LogP contribution >= 0.6 is 0 Å². The number of aryl methyl sites for hydroxylation is 2. The summed E-state index contributed by atoms with van der Waals surface area (Å²) in [4.78, 5) is 14.4. The van der Waals surface area contributed by atoms with Crippen LogP contribution in [0.15, 0.2) is 24.5 Å². The van der Waals surface area contributed by atoms with Crippen molar-refractivity contribution in [3.8, 4) is 0 Å². The van der Waals surface area contributed by atoms with Gasteiger partial charge in [-0.2, -0.15) is 5.10 Å². The van der Waals surface area contributed by atoms with Crippen molar-refractivity contribution in [3.05, 3.63) is 41.5 Å². The first-order valence-corrected chi connectivity index (χ1v) is 5.68. The van der Waals surface area contributed by atoms with Gasteiger partial charge in [-0.15, -0.1) is 0 Å². The average Bonchev–Trinajstić information content (AvgIpc) is 2.96. The predicted octanol–water partition coefficient (Wildman–Crippen LogP) is 1.41. The van der Waals surface area contributed by atoms with Crippen LogP contribution in [0.5, 0.6) is 0 Å². The maximum atomic E-state index is 11.6. The van der Waals surface area contributed by atoms with E-state index in [1.165, 1.54) is 5.56 Å². The Hall–Kier alpha value is -2.04. The van der Waals surface area contributed by atoms with Crippen LogP contribution in [-0.2, 0) is 6.42 Å². The van der Waals surface area contributed by atoms with Gasteiger partial charge in [-0.1, -0.05) is 0 Å². The molecule has 0 radical (unpaired) electrons. The van der Waals surface area contributed by atoms with Gasteiger partial charge in [0.25, 0.3) is 5.91 Å². The van der Waals surface area contributed by atoms with E-state index in [0.29, 0.717) is 12.2 Å². The Labute approximate surface area is 99.6 Å². The molecule has 0 bridgehead atoms. The topological polar surface area (TPSA) is 73.6 Å². The second kappa shape index (κ2) is 5.34. The molecule has 0 aliphatic heterocycles. The number of nitrogens with zero attached hydrogens (tertiary/aromatic N) is 1. The minimum atomic E-state index is -0.0566. The van der Waals surface area contributed by atoms with Crippen molar-refractivity contribution in [1.29, 1.82) is 0 Å². The number of aromatic amines is 2. The lowest BCUT2D eigenvalue weighted by atomic mass is 10.1. The number of rotatable bonds is 5. The molecule has 1 amide bonds. The van der Waals surface area contributed by atoms with E-state index in [1.54, 1.807) is 12.3 Å². The summed E-state index contributed by atoms with van der Waals surface area (Å²) in [6.07, 6.45) is 5.41. The van der Waals surface area contributed by atoms with Crippen LogP contribution in [0.1, 0.15) is 28.2 Å². The summed E-state index contributed by atoms with van der Waals surface area (Å²) in [7, 11) is 0. The molecule has 5 heteroatoms. The Morgan fingerprint density at radius 2 is 2.41 bits per heavy atom. The molecular formula is C12H16N4O. The lowest BCUT2D eigenvalue weighted by Gasteiger charge is -2.03. The lowest BCUT2D eigenvalue weighted by molar-refractivity contribution is 0.0949. The molecule has 2 heterocycles. The van der Waals surface area contributed by atoms with Crippen LogP contribution in [0.25, 0.3) is 0 Å². The second-order valence-corrected chi connectivity index (χ2v) is 3.96. The van der Waals surface area contributed by atoms with Crippen molar-refractivity contribution in [2.24, 2.45) is 0 Å². The molecule has 0 fully saturated rings. The summed E-state index contributed by atoms with van der Waals surface area (Å²) >= 11 is 0. The summed E-state index contributed by atoms with van der Waals surface area (Å²) in [6, 6.07) is 3.57. The lowest BCUT2D eigenvalue weighted by Crippen LogP contribution is -2.25. The fraction of sp³-hybridized carbons (Fsp3) is 0.333. The van der Waals surface area contributed by atoms with Crippen LogP contribution in [0.2, 0.25) is 0 Å². The SMILES string of the molecule is Cc1[nH]ncc1CCCNC(=O)c1ccc[nH]1. The Bertz CT molecular complexity index is 472. The van der Waals surface area contributed by atoms with E-state index in [-0.39, 0.29) is 5.91 Å². The highest BCUT2D eigenvalue weighted by Crippen LogP contribution is 2.05. The third-order valence-electron chi connectivity index (χ3n) is 2.69. The van der Waals surface area contributed by atoms with Crippen LogP contribution in [0, 0.1) is 6.92 Å². The first kappa shape index (κ1) is 11.4. The Morgan fingerprint density at radius 3 is 3.06 bits per heavy atom. The Morgan fingerprint density at radius 1 is 1.53 bits per heavy atom. The van der Waals surface area contributed by atoms with E-state index in [2.05, 4.69) is 20.5 Å². The molecule has 0 atom stereocenters. The molecule has 0 aliphatic rings. The molecule has 0 saturated carbocycles. The molecule has 5 nitrogen and oxygen atoms in total. The highest BCUT2D eigenvalue weighted by atomic mass is 16.1. The van der Waals surface area contributed by atoms with Crippen molar-refractivity contribution in [2.75, 3.05) is 6.54 Å². The molecule has 3 N–H and O–H groups in total. The average molecular weight is 232 g/mol. The van der Waals surface area contributed by atoms with Gasteiger partial charge in [0.1, 0.15) is 5.69 Å². The number of nitrogens with one attached hydrogen (secondary N) is 3. The second-order valence-electron chi connectivity index (χ2n) is 3.96. The zero-order valence-corrected chi connectivity index (χ0v) is 9.79. The van der Waals surface area contributed by atoms with E-state index in [4.69, 9.17) is 0 Å². The van der Waals surface area contributed by atoms with Crippen molar-refractivity contribution in [1.82, 2.24) is 20.5 Å². The number of carbonyl (C=O) groups is 1. The number of hydrogen-bond acceptors (Lipinski definition) is 2. The van der Waals surface area contributed by atoms with Gasteiger partial charge < -0.3 is 10.3 Å². The van der Waals surface area contributed by atoms with Crippen molar-refractivity contribution in [2.45, 2.75) is 19.8 Å². The molecule has 2 aromatic rings. The van der Waals surface area contributed by atoms with Gasteiger partial charge in [0.15, 0.2) is 0 Å². The van der Waals surface area contributed by atoms with Gasteiger partial charge in [0.05, 0.1) is 6.20 Å². The van der Waals surface area contributed by atoms with E-state index in [0.717, 1.165) is 18.5 Å². The fourth-order valence-electron chi connectivity index (χ4n) is 1.68. The van der Waals surface area contributed by atoms with E-state index >= 15 is 0 Å². The fourth-order valence-corrected chi connectivity index (χ4v) is 1.68. The Kier molecular flexibility index (Phi) is 3.59. The first-order chi connectivity index (χ1) is 8.27. The summed E-state index contributed by atoms with van der Waals surface area (Å²) in [5.41, 5.74) is 2.91. The van der Waals surface area contributed by atoms with Gasteiger partial charge >= 0.3 is 0 Å². The molecule has 0 unspecified atom stereocenters. The number of aromatic nitrogens is 3. The third-order valence-corrected chi connectivity index (χ3v) is 2.69. The number of hydrogen-bond donors (Lipinski definition) is 3. The summed E-state index contributed by atoms with van der Waals surface area (Å²) < 4.78 is 0. The standard InChI is InChI=1S/C12H16N4O/c1-9-10(8-15-16-9)4-2-7-14-12(17)11-5-3-6-13-11/h3,5-6,8,13H,2,4,7H2,1H3,(H,14,17)(H,15,16). The summed E-state index contributed by atoms with van der Waals surface area (Å²) in [5.74, 6) is -0.0566. The highest BCUT2D eigenvalue weighted by Gasteiger charge is 2.05. The molecule has 0 aromatic carbocycles. The van der Waals surface area contributed by atoms with Crippen molar-refractivity contribution in [3.63, 3.8) is 0 Å². The summed E-state index contributed by atoms with van der Waals surface area (Å²) in [5, 5.41) is 9.72. The molecular weight excluding hydrogens is 216 g/mol. The van der Waals surface area contributed by atoms with Gasteiger partial charge in [-0.05, 0) is 37.5 Å². The summed E-state index contributed by atoms with van der Waals surface area (Å²) in [6.45, 7) is 2.67. The highest BCUT2D eigenvalue weighted by molar-refractivity contribution is 5.92. The largest absolute Gasteiger partial charge is 0.357 e. The molecule has 17 heavy (non-hydrogen) atoms. The number of H-pyrrole nitrogens is 2. The van der Waals surface area contributed by atoms with Crippen molar-refractivity contribution < 1.29 is 4.79 Å². The predicted molar refractivity (Wildman–Crippen MR) is 64.8 cm³/mol. The van der Waals surface area contributed by atoms with Crippen LogP contribution < -0.4 is 5.32 Å². The van der Waals surface area contributed by atoms with Crippen LogP contribution in [0.4, 0.5) is 0 Å². The molecule has 0 aliphatic carbocycles. The monoisotopic (exact) mass is 232 g/mol. The molecule has 0 saturated heterocycles. The molecule has 2 aromatic heterocycles. The van der Waals surface area contributed by atoms with E-state index in [1.807, 2.05) is 19.2 Å². The minimum Gasteiger partial charge on any atom is -0.357 e. The van der Waals surface area contributed by atoms with Crippen LogP contribution in [-0.4, -0.2) is 27.6 Å². The molecule has 2 rings (SSSR count). The zero-order chi connectivity index (χ0) is 12.1. The first-order valence-electron chi connectivity index (χ1n) is 5.68. The zero-order valence-electron chi connectivity index (χ0n) is 9.79. The molecule has 90 valence electrons. The number of carbonyl (C=O) groups excluding carboxylic acids is 1.